The third-order valence-corrected chi connectivity index (χ3v) is 3.60. The van der Waals surface area contributed by atoms with Gasteiger partial charge in [-0.1, -0.05) is 25.2 Å². The maximum absolute atomic E-state index is 12.0. The second-order valence-electron chi connectivity index (χ2n) is 5.02. The number of carbonyl (C=O) groups excluding carboxylic acids is 2. The molecule has 0 fully saturated rings. The van der Waals surface area contributed by atoms with Gasteiger partial charge in [0.25, 0.3) is 5.91 Å². The van der Waals surface area contributed by atoms with Gasteiger partial charge in [-0.25, -0.2) is 5.01 Å². The van der Waals surface area contributed by atoms with Crippen LogP contribution in [0.1, 0.15) is 31.7 Å². The molecule has 0 bridgehead atoms. The first-order valence-electron chi connectivity index (χ1n) is 6.43. The van der Waals surface area contributed by atoms with Crippen molar-refractivity contribution in [1.29, 1.82) is 0 Å². The van der Waals surface area contributed by atoms with Crippen molar-refractivity contribution in [2.24, 2.45) is 11.0 Å². The molecule has 1 aromatic rings. The molecule has 1 aliphatic rings. The molecule has 0 spiro atoms. The lowest BCUT2D eigenvalue weighted by molar-refractivity contribution is -0.130. The van der Waals surface area contributed by atoms with Gasteiger partial charge in [0.15, 0.2) is 0 Å². The molecule has 2 amide bonds. The number of nitrogens with one attached hydrogen (secondary N) is 1. The number of hydrazone groups is 1. The Balaban J connectivity index is 1.99. The lowest BCUT2D eigenvalue weighted by atomic mass is 10.1. The fraction of sp³-hybridized carbons (Fsp3) is 0.583. The minimum Gasteiger partial charge on any atom is -0.295 e. The molecule has 0 radical (unpaired) electrons. The minimum atomic E-state index is -0.323. The third-order valence-electron chi connectivity index (χ3n) is 2.74. The maximum Gasteiger partial charge on any atom is 0.273 e. The number of rotatable bonds is 4. The third kappa shape index (κ3) is 3.60. The molecule has 1 N–H and O–H groups in total. The van der Waals surface area contributed by atoms with Crippen molar-refractivity contribution in [1.82, 2.24) is 15.2 Å². The molecule has 1 aliphatic heterocycles. The van der Waals surface area contributed by atoms with Crippen LogP contribution >= 0.6 is 11.3 Å². The van der Waals surface area contributed by atoms with Crippen LogP contribution < -0.4 is 5.32 Å². The summed E-state index contributed by atoms with van der Waals surface area (Å²) in [6.45, 7) is 4.20. The predicted octanol–water partition coefficient (Wildman–Crippen LogP) is 1.28. The van der Waals surface area contributed by atoms with Crippen LogP contribution in [0.15, 0.2) is 5.10 Å². The monoisotopic (exact) mass is 295 g/mol. The summed E-state index contributed by atoms with van der Waals surface area (Å²) in [6, 6.07) is 0. The van der Waals surface area contributed by atoms with Crippen LogP contribution in [0.5, 0.6) is 0 Å². The number of carbonyl (C=O) groups is 2. The van der Waals surface area contributed by atoms with Crippen LogP contribution in [0.3, 0.4) is 0 Å². The van der Waals surface area contributed by atoms with Crippen LogP contribution in [0.25, 0.3) is 0 Å². The number of hydrogen-bond donors (Lipinski definition) is 1. The predicted molar refractivity (Wildman–Crippen MR) is 76.5 cm³/mol. The van der Waals surface area contributed by atoms with Gasteiger partial charge in [0, 0.05) is 26.3 Å². The van der Waals surface area contributed by atoms with Crippen molar-refractivity contribution in [3.63, 3.8) is 0 Å². The van der Waals surface area contributed by atoms with Crippen molar-refractivity contribution in [3.8, 4) is 0 Å². The van der Waals surface area contributed by atoms with Gasteiger partial charge in [0.1, 0.15) is 10.7 Å². The van der Waals surface area contributed by atoms with E-state index in [1.807, 2.05) is 0 Å². The van der Waals surface area contributed by atoms with Gasteiger partial charge in [-0.3, -0.25) is 14.9 Å². The smallest absolute Gasteiger partial charge is 0.273 e. The summed E-state index contributed by atoms with van der Waals surface area (Å²) in [4.78, 5) is 23.3. The molecule has 2 rings (SSSR count). The van der Waals surface area contributed by atoms with Gasteiger partial charge >= 0.3 is 0 Å². The zero-order chi connectivity index (χ0) is 14.7. The van der Waals surface area contributed by atoms with E-state index in [0.29, 0.717) is 29.6 Å². The van der Waals surface area contributed by atoms with E-state index in [2.05, 4.69) is 34.5 Å². The van der Waals surface area contributed by atoms with E-state index in [1.165, 1.54) is 16.3 Å². The molecule has 108 valence electrons. The van der Waals surface area contributed by atoms with Crippen molar-refractivity contribution < 1.29 is 9.59 Å². The van der Waals surface area contributed by atoms with Crippen LogP contribution in [0.2, 0.25) is 0 Å². The zero-order valence-corrected chi connectivity index (χ0v) is 12.5. The molecular formula is C12H17N5O2S. The van der Waals surface area contributed by atoms with Gasteiger partial charge in [-0.05, 0) is 5.92 Å². The molecule has 0 aromatic carbocycles. The fourth-order valence-corrected chi connectivity index (χ4v) is 2.68. The molecule has 0 atom stereocenters. The number of amides is 2. The van der Waals surface area contributed by atoms with E-state index < -0.39 is 0 Å². The molecule has 8 heteroatoms. The average molecular weight is 295 g/mol. The number of nitrogens with zero attached hydrogens (tertiary/aromatic N) is 4. The van der Waals surface area contributed by atoms with Crippen LogP contribution in [-0.4, -0.2) is 39.8 Å². The van der Waals surface area contributed by atoms with E-state index in [4.69, 9.17) is 0 Å². The minimum absolute atomic E-state index is 0.0864. The van der Waals surface area contributed by atoms with Crippen LogP contribution in [0.4, 0.5) is 5.13 Å². The Bertz CT molecular complexity index is 552. The molecule has 2 heterocycles. The van der Waals surface area contributed by atoms with Crippen molar-refractivity contribution in [2.75, 3.05) is 12.4 Å². The topological polar surface area (TPSA) is 87.6 Å². The van der Waals surface area contributed by atoms with Gasteiger partial charge < -0.3 is 0 Å². The largest absolute Gasteiger partial charge is 0.295 e. The summed E-state index contributed by atoms with van der Waals surface area (Å²) < 4.78 is 0. The molecule has 0 unspecified atom stereocenters. The zero-order valence-electron chi connectivity index (χ0n) is 11.7. The van der Waals surface area contributed by atoms with Gasteiger partial charge in [0.05, 0.1) is 0 Å². The maximum atomic E-state index is 12.0. The Morgan fingerprint density at radius 1 is 1.40 bits per heavy atom. The summed E-state index contributed by atoms with van der Waals surface area (Å²) in [6.07, 6.45) is 1.50. The lowest BCUT2D eigenvalue weighted by Gasteiger charge is -2.18. The Labute approximate surface area is 121 Å². The molecule has 1 aromatic heterocycles. The first-order valence-corrected chi connectivity index (χ1v) is 7.25. The second-order valence-corrected chi connectivity index (χ2v) is 6.08. The highest BCUT2D eigenvalue weighted by molar-refractivity contribution is 7.15. The first kappa shape index (κ1) is 14.6. The number of aromatic nitrogens is 2. The standard InChI is InChI=1S/C12H17N5O2S/c1-7(2)6-9-14-15-12(20-9)13-11(19)8-4-5-10(18)17(3)16-8/h7H,4-6H2,1-3H3,(H,13,15,19). The highest BCUT2D eigenvalue weighted by Crippen LogP contribution is 2.18. The summed E-state index contributed by atoms with van der Waals surface area (Å²) >= 11 is 1.37. The molecular weight excluding hydrogens is 278 g/mol. The quantitative estimate of drug-likeness (QED) is 0.906. The van der Waals surface area contributed by atoms with Crippen molar-refractivity contribution in [3.05, 3.63) is 5.01 Å². The summed E-state index contributed by atoms with van der Waals surface area (Å²) in [7, 11) is 1.54. The molecule has 7 nitrogen and oxygen atoms in total. The van der Waals surface area contributed by atoms with Crippen molar-refractivity contribution >= 4 is 34.0 Å². The van der Waals surface area contributed by atoms with E-state index in [9.17, 15) is 9.59 Å². The van der Waals surface area contributed by atoms with E-state index in [0.717, 1.165) is 11.4 Å². The Kier molecular flexibility index (Phi) is 4.43. The van der Waals surface area contributed by atoms with E-state index >= 15 is 0 Å². The Morgan fingerprint density at radius 2 is 2.15 bits per heavy atom. The van der Waals surface area contributed by atoms with Crippen molar-refractivity contribution in [2.45, 2.75) is 33.1 Å². The van der Waals surface area contributed by atoms with Gasteiger partial charge in [-0.15, -0.1) is 10.2 Å². The van der Waals surface area contributed by atoms with E-state index in [-0.39, 0.29) is 11.8 Å². The normalized spacial score (nSPS) is 15.5. The molecule has 20 heavy (non-hydrogen) atoms. The lowest BCUT2D eigenvalue weighted by Crippen LogP contribution is -2.34. The van der Waals surface area contributed by atoms with Gasteiger partial charge in [0.2, 0.25) is 11.0 Å². The second kappa shape index (κ2) is 6.08. The highest BCUT2D eigenvalue weighted by atomic mass is 32.1. The molecule has 0 saturated carbocycles. The average Bonchev–Trinajstić information content (AvgIpc) is 2.79. The molecule has 0 saturated heterocycles. The van der Waals surface area contributed by atoms with E-state index in [1.54, 1.807) is 7.05 Å². The molecule has 0 aliphatic carbocycles. The summed E-state index contributed by atoms with van der Waals surface area (Å²) in [5, 5.41) is 17.2. The Morgan fingerprint density at radius 3 is 2.80 bits per heavy atom. The number of hydrogen-bond acceptors (Lipinski definition) is 6. The first-order chi connectivity index (χ1) is 9.45. The fourth-order valence-electron chi connectivity index (χ4n) is 1.74. The van der Waals surface area contributed by atoms with Gasteiger partial charge in [-0.2, -0.15) is 5.10 Å². The SMILES string of the molecule is CC(C)Cc1nnc(NC(=O)C2=NN(C)C(=O)CC2)s1. The van der Waals surface area contributed by atoms with Crippen LogP contribution in [0, 0.1) is 5.92 Å². The Hall–Kier alpha value is -1.83. The highest BCUT2D eigenvalue weighted by Gasteiger charge is 2.22. The van der Waals surface area contributed by atoms with Crippen LogP contribution in [-0.2, 0) is 16.0 Å². The number of anilines is 1. The summed E-state index contributed by atoms with van der Waals surface area (Å²) in [5.74, 6) is 0.0853. The summed E-state index contributed by atoms with van der Waals surface area (Å²) in [5.41, 5.74) is 0.340.